The van der Waals surface area contributed by atoms with Crippen LogP contribution in [0.3, 0.4) is 0 Å². The van der Waals surface area contributed by atoms with Crippen LogP contribution in [0.4, 0.5) is 0 Å². The molecule has 2 fully saturated rings. The van der Waals surface area contributed by atoms with Gasteiger partial charge in [0.1, 0.15) is 0 Å². The van der Waals surface area contributed by atoms with E-state index in [1.165, 1.54) is 0 Å². The fourth-order valence-corrected chi connectivity index (χ4v) is 2.90. The molecule has 0 radical (unpaired) electrons. The van der Waals surface area contributed by atoms with Crippen LogP contribution in [-0.4, -0.2) is 49.3 Å². The van der Waals surface area contributed by atoms with Gasteiger partial charge in [-0.25, -0.2) is 0 Å². The molecule has 17 heavy (non-hydrogen) atoms. The third kappa shape index (κ3) is 3.96. The molecule has 0 bridgehead atoms. The van der Waals surface area contributed by atoms with Crippen molar-refractivity contribution in [1.29, 1.82) is 0 Å². The Bertz CT molecular complexity index is 270. The molecule has 2 aliphatic rings. The normalized spacial score (nSPS) is 23.9. The maximum absolute atomic E-state index is 10.8. The van der Waals surface area contributed by atoms with Gasteiger partial charge >= 0.3 is 5.97 Å². The first-order valence-corrected chi connectivity index (χ1v) is 6.58. The Morgan fingerprint density at radius 3 is 2.59 bits per heavy atom. The highest BCUT2D eigenvalue weighted by molar-refractivity contribution is 5.68. The predicted octanol–water partition coefficient (Wildman–Crippen LogP) is 1.60. The van der Waals surface area contributed by atoms with Crippen LogP contribution in [0.15, 0.2) is 0 Å². The molecule has 1 aliphatic carbocycles. The summed E-state index contributed by atoms with van der Waals surface area (Å²) in [7, 11) is 2.12. The Morgan fingerprint density at radius 2 is 2.06 bits per heavy atom. The summed E-state index contributed by atoms with van der Waals surface area (Å²) in [5.41, 5.74) is 0.0890. The van der Waals surface area contributed by atoms with Crippen molar-refractivity contribution in [3.05, 3.63) is 0 Å². The lowest BCUT2D eigenvalue weighted by atomic mass is 9.97. The first-order chi connectivity index (χ1) is 8.10. The van der Waals surface area contributed by atoms with E-state index < -0.39 is 5.97 Å². The third-order valence-electron chi connectivity index (χ3n) is 4.00. The standard InChI is InChI=1S/C13H23NO3/c1-14(9-11-2-6-17-7-3-11)10-13(4-5-13)8-12(15)16/h11H,2-10H2,1H3,(H,15,16). The lowest BCUT2D eigenvalue weighted by Gasteiger charge is -2.29. The molecular weight excluding hydrogens is 218 g/mol. The Hall–Kier alpha value is -0.610. The van der Waals surface area contributed by atoms with Gasteiger partial charge in [0.25, 0.3) is 0 Å². The number of carboxylic acid groups (broad SMARTS) is 1. The van der Waals surface area contributed by atoms with Crippen molar-refractivity contribution in [2.45, 2.75) is 32.1 Å². The third-order valence-corrected chi connectivity index (χ3v) is 4.00. The highest BCUT2D eigenvalue weighted by Gasteiger charge is 2.45. The smallest absolute Gasteiger partial charge is 0.303 e. The number of aliphatic carboxylic acids is 1. The molecule has 0 unspecified atom stereocenters. The fraction of sp³-hybridized carbons (Fsp3) is 0.923. The maximum atomic E-state index is 10.8. The average molecular weight is 241 g/mol. The van der Waals surface area contributed by atoms with E-state index >= 15 is 0 Å². The molecule has 4 nitrogen and oxygen atoms in total. The van der Waals surface area contributed by atoms with Gasteiger partial charge in [-0.2, -0.15) is 0 Å². The zero-order valence-electron chi connectivity index (χ0n) is 10.7. The van der Waals surface area contributed by atoms with Gasteiger partial charge in [0, 0.05) is 26.3 Å². The molecule has 0 aromatic carbocycles. The molecular formula is C13H23NO3. The van der Waals surface area contributed by atoms with Crippen LogP contribution < -0.4 is 0 Å². The van der Waals surface area contributed by atoms with Crippen molar-refractivity contribution in [2.24, 2.45) is 11.3 Å². The molecule has 1 saturated carbocycles. The van der Waals surface area contributed by atoms with E-state index in [2.05, 4.69) is 11.9 Å². The number of ether oxygens (including phenoxy) is 1. The molecule has 98 valence electrons. The summed E-state index contributed by atoms with van der Waals surface area (Å²) in [6, 6.07) is 0. The zero-order chi connectivity index (χ0) is 12.3. The Kier molecular flexibility index (Phi) is 4.05. The van der Waals surface area contributed by atoms with Gasteiger partial charge in [-0.15, -0.1) is 0 Å². The summed E-state index contributed by atoms with van der Waals surface area (Å²) in [5.74, 6) is 0.0799. The van der Waals surface area contributed by atoms with Crippen molar-refractivity contribution in [2.75, 3.05) is 33.4 Å². The molecule has 1 aliphatic heterocycles. The van der Waals surface area contributed by atoms with Crippen molar-refractivity contribution in [3.8, 4) is 0 Å². The molecule has 1 N–H and O–H groups in total. The Labute approximate surface area is 103 Å². The number of hydrogen-bond acceptors (Lipinski definition) is 3. The second kappa shape index (κ2) is 5.36. The van der Waals surface area contributed by atoms with Gasteiger partial charge in [-0.05, 0) is 44.1 Å². The van der Waals surface area contributed by atoms with E-state index in [0.29, 0.717) is 6.42 Å². The summed E-state index contributed by atoms with van der Waals surface area (Å²) in [5, 5.41) is 8.89. The molecule has 0 amide bonds. The topological polar surface area (TPSA) is 49.8 Å². The van der Waals surface area contributed by atoms with Gasteiger partial charge in [0.05, 0.1) is 6.42 Å². The summed E-state index contributed by atoms with van der Waals surface area (Å²) >= 11 is 0. The largest absolute Gasteiger partial charge is 0.481 e. The second-order valence-electron chi connectivity index (χ2n) is 5.82. The van der Waals surface area contributed by atoms with Crippen LogP contribution in [0.25, 0.3) is 0 Å². The lowest BCUT2D eigenvalue weighted by molar-refractivity contribution is -0.138. The molecule has 0 spiro atoms. The number of carbonyl (C=O) groups is 1. The van der Waals surface area contributed by atoms with Crippen LogP contribution in [0.1, 0.15) is 32.1 Å². The van der Waals surface area contributed by atoms with E-state index in [1.807, 2.05) is 0 Å². The molecule has 1 saturated heterocycles. The highest BCUT2D eigenvalue weighted by atomic mass is 16.5. The van der Waals surface area contributed by atoms with Crippen LogP contribution in [0, 0.1) is 11.3 Å². The minimum absolute atomic E-state index is 0.0890. The van der Waals surface area contributed by atoms with Gasteiger partial charge in [-0.3, -0.25) is 4.79 Å². The van der Waals surface area contributed by atoms with Crippen molar-refractivity contribution < 1.29 is 14.6 Å². The first-order valence-electron chi connectivity index (χ1n) is 6.58. The fourth-order valence-electron chi connectivity index (χ4n) is 2.90. The lowest BCUT2D eigenvalue weighted by Crippen LogP contribution is -2.34. The van der Waals surface area contributed by atoms with Gasteiger partial charge < -0.3 is 14.7 Å². The number of carboxylic acids is 1. The van der Waals surface area contributed by atoms with Crippen molar-refractivity contribution in [1.82, 2.24) is 4.90 Å². The summed E-state index contributed by atoms with van der Waals surface area (Å²) < 4.78 is 5.35. The maximum Gasteiger partial charge on any atom is 0.303 e. The number of hydrogen-bond donors (Lipinski definition) is 1. The van der Waals surface area contributed by atoms with Crippen LogP contribution >= 0.6 is 0 Å². The number of nitrogens with zero attached hydrogens (tertiary/aromatic N) is 1. The molecule has 2 rings (SSSR count). The molecule has 1 heterocycles. The van der Waals surface area contributed by atoms with Gasteiger partial charge in [0.15, 0.2) is 0 Å². The monoisotopic (exact) mass is 241 g/mol. The molecule has 0 atom stereocenters. The number of rotatable bonds is 6. The predicted molar refractivity (Wildman–Crippen MR) is 65.0 cm³/mol. The second-order valence-corrected chi connectivity index (χ2v) is 5.82. The Balaban J connectivity index is 1.72. The van der Waals surface area contributed by atoms with Gasteiger partial charge in [0.2, 0.25) is 0 Å². The van der Waals surface area contributed by atoms with Crippen LogP contribution in [0.2, 0.25) is 0 Å². The van der Waals surface area contributed by atoms with Gasteiger partial charge in [-0.1, -0.05) is 0 Å². The highest BCUT2D eigenvalue weighted by Crippen LogP contribution is 2.49. The van der Waals surface area contributed by atoms with E-state index in [1.54, 1.807) is 0 Å². The van der Waals surface area contributed by atoms with E-state index in [-0.39, 0.29) is 5.41 Å². The van der Waals surface area contributed by atoms with E-state index in [0.717, 1.165) is 57.9 Å². The summed E-state index contributed by atoms with van der Waals surface area (Å²) in [4.78, 5) is 13.1. The van der Waals surface area contributed by atoms with Crippen molar-refractivity contribution in [3.63, 3.8) is 0 Å². The van der Waals surface area contributed by atoms with Crippen LogP contribution in [-0.2, 0) is 9.53 Å². The molecule has 0 aromatic heterocycles. The van der Waals surface area contributed by atoms with Crippen molar-refractivity contribution >= 4 is 5.97 Å². The SMILES string of the molecule is CN(CC1CCOCC1)CC1(CC(=O)O)CC1. The van der Waals surface area contributed by atoms with E-state index in [4.69, 9.17) is 9.84 Å². The van der Waals surface area contributed by atoms with Crippen LogP contribution in [0.5, 0.6) is 0 Å². The quantitative estimate of drug-likeness (QED) is 0.767. The minimum atomic E-state index is -0.651. The van der Waals surface area contributed by atoms with E-state index in [9.17, 15) is 4.79 Å². The molecule has 4 heteroatoms. The minimum Gasteiger partial charge on any atom is -0.481 e. The average Bonchev–Trinajstić information content (AvgIpc) is 2.97. The zero-order valence-corrected chi connectivity index (χ0v) is 10.7. The Morgan fingerprint density at radius 1 is 1.41 bits per heavy atom. The molecule has 0 aromatic rings. The first kappa shape index (κ1) is 12.8. The summed E-state index contributed by atoms with van der Waals surface area (Å²) in [6.07, 6.45) is 4.80. The summed E-state index contributed by atoms with van der Waals surface area (Å²) in [6.45, 7) is 3.80.